The minimum atomic E-state index is 0.692. The summed E-state index contributed by atoms with van der Waals surface area (Å²) in [7, 11) is 0. The van der Waals surface area contributed by atoms with Gasteiger partial charge in [-0.15, -0.1) is 0 Å². The number of rotatable bonds is 5. The normalized spacial score (nSPS) is 20.2. The molecule has 1 fully saturated rings. The van der Waals surface area contributed by atoms with Crippen molar-refractivity contribution in [1.82, 2.24) is 5.01 Å². The molecule has 1 aliphatic rings. The smallest absolute Gasteiger partial charge is 0.0519 e. The molecular formula is C8H18N2O. The van der Waals surface area contributed by atoms with Crippen LogP contribution in [-0.2, 0) is 4.74 Å². The molecular weight excluding hydrogens is 140 g/mol. The van der Waals surface area contributed by atoms with Crippen LogP contribution in [0.3, 0.4) is 0 Å². The van der Waals surface area contributed by atoms with Gasteiger partial charge in [0.2, 0.25) is 0 Å². The molecule has 1 rings (SSSR count). The fourth-order valence-corrected chi connectivity index (χ4v) is 1.21. The van der Waals surface area contributed by atoms with Crippen LogP contribution in [0, 0.1) is 5.92 Å². The Balaban J connectivity index is 1.81. The summed E-state index contributed by atoms with van der Waals surface area (Å²) in [6, 6.07) is 0. The first-order chi connectivity index (χ1) is 5.33. The van der Waals surface area contributed by atoms with E-state index in [9.17, 15) is 0 Å². The molecule has 0 radical (unpaired) electrons. The van der Waals surface area contributed by atoms with E-state index in [4.69, 9.17) is 10.6 Å². The van der Waals surface area contributed by atoms with E-state index in [0.717, 1.165) is 26.3 Å². The SMILES string of the molecule is CCCCOCC1CN(N)C1. The molecule has 0 amide bonds. The van der Waals surface area contributed by atoms with Gasteiger partial charge in [-0.25, -0.2) is 5.01 Å². The molecule has 0 aromatic rings. The maximum Gasteiger partial charge on any atom is 0.0519 e. The van der Waals surface area contributed by atoms with Gasteiger partial charge in [0, 0.05) is 25.6 Å². The second-order valence-corrected chi connectivity index (χ2v) is 3.25. The van der Waals surface area contributed by atoms with Crippen molar-refractivity contribution in [2.75, 3.05) is 26.3 Å². The first kappa shape index (κ1) is 8.97. The molecule has 11 heavy (non-hydrogen) atoms. The van der Waals surface area contributed by atoms with Gasteiger partial charge in [-0.1, -0.05) is 13.3 Å². The molecule has 2 N–H and O–H groups in total. The zero-order chi connectivity index (χ0) is 8.10. The highest BCUT2D eigenvalue weighted by molar-refractivity contribution is 4.74. The average molecular weight is 158 g/mol. The minimum absolute atomic E-state index is 0.692. The topological polar surface area (TPSA) is 38.5 Å². The van der Waals surface area contributed by atoms with Gasteiger partial charge < -0.3 is 4.74 Å². The number of nitrogens with zero attached hydrogens (tertiary/aromatic N) is 1. The highest BCUT2D eigenvalue weighted by atomic mass is 16.5. The van der Waals surface area contributed by atoms with Crippen LogP contribution in [-0.4, -0.2) is 31.3 Å². The molecule has 3 nitrogen and oxygen atoms in total. The van der Waals surface area contributed by atoms with Crippen molar-refractivity contribution in [2.45, 2.75) is 19.8 Å². The summed E-state index contributed by atoms with van der Waals surface area (Å²) < 4.78 is 5.44. The lowest BCUT2D eigenvalue weighted by molar-refractivity contribution is 0.0136. The number of hydrazine groups is 1. The van der Waals surface area contributed by atoms with Crippen LogP contribution in [0.5, 0.6) is 0 Å². The average Bonchev–Trinajstić information content (AvgIpc) is 1.94. The molecule has 0 aliphatic carbocycles. The molecule has 0 aromatic carbocycles. The maximum absolute atomic E-state index is 5.48. The minimum Gasteiger partial charge on any atom is -0.381 e. The lowest BCUT2D eigenvalue weighted by atomic mass is 10.0. The van der Waals surface area contributed by atoms with Gasteiger partial charge >= 0.3 is 0 Å². The Morgan fingerprint density at radius 1 is 1.55 bits per heavy atom. The van der Waals surface area contributed by atoms with Crippen molar-refractivity contribution in [3.05, 3.63) is 0 Å². The van der Waals surface area contributed by atoms with E-state index < -0.39 is 0 Å². The number of hydrogen-bond donors (Lipinski definition) is 1. The standard InChI is InChI=1S/C8H18N2O/c1-2-3-4-11-7-8-5-10(9)6-8/h8H,2-7,9H2,1H3. The van der Waals surface area contributed by atoms with E-state index in [-0.39, 0.29) is 0 Å². The van der Waals surface area contributed by atoms with E-state index in [1.807, 2.05) is 5.01 Å². The van der Waals surface area contributed by atoms with Crippen molar-refractivity contribution < 1.29 is 4.74 Å². The van der Waals surface area contributed by atoms with Gasteiger partial charge in [0.25, 0.3) is 0 Å². The van der Waals surface area contributed by atoms with E-state index in [2.05, 4.69) is 6.92 Å². The Bertz CT molecular complexity index is 102. The highest BCUT2D eigenvalue weighted by Gasteiger charge is 2.23. The third-order valence-electron chi connectivity index (χ3n) is 1.98. The fraction of sp³-hybridized carbons (Fsp3) is 1.00. The number of nitrogens with two attached hydrogens (primary N) is 1. The van der Waals surface area contributed by atoms with E-state index >= 15 is 0 Å². The van der Waals surface area contributed by atoms with Gasteiger partial charge in [0.1, 0.15) is 0 Å². The molecule has 0 spiro atoms. The second kappa shape index (κ2) is 4.70. The van der Waals surface area contributed by atoms with Gasteiger partial charge in [-0.2, -0.15) is 0 Å². The largest absolute Gasteiger partial charge is 0.381 e. The van der Waals surface area contributed by atoms with Crippen LogP contribution in [0.1, 0.15) is 19.8 Å². The Hall–Kier alpha value is -0.120. The Morgan fingerprint density at radius 3 is 2.82 bits per heavy atom. The van der Waals surface area contributed by atoms with Crippen molar-refractivity contribution in [3.8, 4) is 0 Å². The summed E-state index contributed by atoms with van der Waals surface area (Å²) in [6.45, 7) is 6.00. The van der Waals surface area contributed by atoms with Gasteiger partial charge in [0.05, 0.1) is 6.61 Å². The molecule has 1 aliphatic heterocycles. The number of unbranched alkanes of at least 4 members (excludes halogenated alkanes) is 1. The van der Waals surface area contributed by atoms with Gasteiger partial charge in [-0.05, 0) is 6.42 Å². The monoisotopic (exact) mass is 158 g/mol. The fourth-order valence-electron chi connectivity index (χ4n) is 1.21. The molecule has 3 heteroatoms. The zero-order valence-corrected chi connectivity index (χ0v) is 7.25. The molecule has 0 aromatic heterocycles. The quantitative estimate of drug-likeness (QED) is 0.470. The Labute approximate surface area is 68.5 Å². The van der Waals surface area contributed by atoms with Crippen molar-refractivity contribution >= 4 is 0 Å². The van der Waals surface area contributed by atoms with Crippen LogP contribution in [0.25, 0.3) is 0 Å². The van der Waals surface area contributed by atoms with Crippen molar-refractivity contribution in [1.29, 1.82) is 0 Å². The molecule has 66 valence electrons. The first-order valence-corrected chi connectivity index (χ1v) is 4.40. The van der Waals surface area contributed by atoms with Gasteiger partial charge in [-0.3, -0.25) is 5.84 Å². The lowest BCUT2D eigenvalue weighted by Gasteiger charge is -2.35. The lowest BCUT2D eigenvalue weighted by Crippen LogP contribution is -2.52. The van der Waals surface area contributed by atoms with Gasteiger partial charge in [0.15, 0.2) is 0 Å². The van der Waals surface area contributed by atoms with Crippen LogP contribution in [0.15, 0.2) is 0 Å². The number of ether oxygens (including phenoxy) is 1. The van der Waals surface area contributed by atoms with E-state index in [1.54, 1.807) is 0 Å². The molecule has 1 saturated heterocycles. The third kappa shape index (κ3) is 3.18. The van der Waals surface area contributed by atoms with Crippen LogP contribution >= 0.6 is 0 Å². The summed E-state index contributed by atoms with van der Waals surface area (Å²) in [5, 5.41) is 1.83. The van der Waals surface area contributed by atoms with Crippen LogP contribution in [0.2, 0.25) is 0 Å². The maximum atomic E-state index is 5.48. The highest BCUT2D eigenvalue weighted by Crippen LogP contribution is 2.10. The number of hydrogen-bond acceptors (Lipinski definition) is 3. The van der Waals surface area contributed by atoms with Crippen molar-refractivity contribution in [3.63, 3.8) is 0 Å². The molecule has 0 atom stereocenters. The second-order valence-electron chi connectivity index (χ2n) is 3.25. The predicted molar refractivity (Wildman–Crippen MR) is 45.0 cm³/mol. The molecule has 0 bridgehead atoms. The summed E-state index contributed by atoms with van der Waals surface area (Å²) in [6.07, 6.45) is 2.40. The third-order valence-corrected chi connectivity index (χ3v) is 1.98. The molecule has 1 heterocycles. The summed E-state index contributed by atoms with van der Waals surface area (Å²) >= 11 is 0. The van der Waals surface area contributed by atoms with Crippen molar-refractivity contribution in [2.24, 2.45) is 11.8 Å². The summed E-state index contributed by atoms with van der Waals surface area (Å²) in [5.74, 6) is 6.17. The van der Waals surface area contributed by atoms with E-state index in [0.29, 0.717) is 5.92 Å². The Morgan fingerprint density at radius 2 is 2.27 bits per heavy atom. The molecule has 0 saturated carbocycles. The summed E-state index contributed by atoms with van der Waals surface area (Å²) in [5.41, 5.74) is 0. The first-order valence-electron chi connectivity index (χ1n) is 4.40. The summed E-state index contributed by atoms with van der Waals surface area (Å²) in [4.78, 5) is 0. The molecule has 0 unspecified atom stereocenters. The van der Waals surface area contributed by atoms with E-state index in [1.165, 1.54) is 12.8 Å². The van der Waals surface area contributed by atoms with Crippen LogP contribution in [0.4, 0.5) is 0 Å². The Kier molecular flexibility index (Phi) is 3.83. The predicted octanol–water partition coefficient (Wildman–Crippen LogP) is 0.609. The van der Waals surface area contributed by atoms with Crippen LogP contribution < -0.4 is 5.84 Å². The zero-order valence-electron chi connectivity index (χ0n) is 7.25.